The zero-order valence-electron chi connectivity index (χ0n) is 20.1. The van der Waals surface area contributed by atoms with E-state index < -0.39 is 4.92 Å². The monoisotopic (exact) mass is 489 g/mol. The van der Waals surface area contributed by atoms with Crippen molar-refractivity contribution < 1.29 is 19.2 Å². The van der Waals surface area contributed by atoms with Crippen molar-refractivity contribution in [3.8, 4) is 11.3 Å². The number of pyridine rings is 2. The van der Waals surface area contributed by atoms with E-state index in [4.69, 9.17) is 4.74 Å². The van der Waals surface area contributed by atoms with Crippen LogP contribution in [0, 0.1) is 28.9 Å². The van der Waals surface area contributed by atoms with E-state index in [1.807, 2.05) is 12.1 Å². The van der Waals surface area contributed by atoms with Crippen molar-refractivity contribution in [2.24, 2.45) is 11.8 Å². The summed E-state index contributed by atoms with van der Waals surface area (Å²) >= 11 is 0. The van der Waals surface area contributed by atoms with Gasteiger partial charge in [-0.1, -0.05) is 6.07 Å². The molecule has 10 nitrogen and oxygen atoms in total. The Kier molecular flexibility index (Phi) is 7.53. The second-order valence-corrected chi connectivity index (χ2v) is 8.72. The number of nitro benzene ring substituents is 1. The second-order valence-electron chi connectivity index (χ2n) is 8.72. The number of nitrogens with one attached hydrogen (secondary N) is 2. The van der Waals surface area contributed by atoms with Crippen molar-refractivity contribution in [1.82, 2.24) is 9.97 Å². The summed E-state index contributed by atoms with van der Waals surface area (Å²) in [6, 6.07) is 13.6. The van der Waals surface area contributed by atoms with E-state index in [-0.39, 0.29) is 29.4 Å². The quantitative estimate of drug-likeness (QED) is 0.268. The van der Waals surface area contributed by atoms with Gasteiger partial charge in [-0.3, -0.25) is 24.7 Å². The van der Waals surface area contributed by atoms with E-state index in [1.165, 1.54) is 13.2 Å². The minimum atomic E-state index is -0.448. The molecule has 0 atom stereocenters. The number of nitro groups is 1. The number of methoxy groups -OCH3 is 1. The highest BCUT2D eigenvalue weighted by atomic mass is 16.6. The normalized spacial score (nSPS) is 17.2. The van der Waals surface area contributed by atoms with Crippen LogP contribution < -0.4 is 10.6 Å². The molecule has 4 rings (SSSR count). The van der Waals surface area contributed by atoms with Gasteiger partial charge in [0.05, 0.1) is 35.0 Å². The van der Waals surface area contributed by atoms with Crippen molar-refractivity contribution in [2.45, 2.75) is 32.6 Å². The van der Waals surface area contributed by atoms with Crippen LogP contribution in [0.25, 0.3) is 11.3 Å². The van der Waals surface area contributed by atoms with Crippen molar-refractivity contribution in [3.05, 3.63) is 70.5 Å². The van der Waals surface area contributed by atoms with Gasteiger partial charge in [-0.2, -0.15) is 0 Å². The van der Waals surface area contributed by atoms with Crippen LogP contribution in [0.15, 0.2) is 54.7 Å². The van der Waals surface area contributed by atoms with Gasteiger partial charge >= 0.3 is 5.97 Å². The number of hydrogen-bond acceptors (Lipinski definition) is 8. The molecule has 0 unspecified atom stereocenters. The number of esters is 1. The lowest BCUT2D eigenvalue weighted by Gasteiger charge is -2.26. The Labute approximate surface area is 208 Å². The number of rotatable bonds is 7. The fourth-order valence-corrected chi connectivity index (χ4v) is 4.38. The predicted molar refractivity (Wildman–Crippen MR) is 135 cm³/mol. The molecule has 2 aromatic heterocycles. The van der Waals surface area contributed by atoms with Crippen LogP contribution >= 0.6 is 0 Å². The molecule has 1 aliphatic carbocycles. The number of nitrogens with zero attached hydrogens (tertiary/aromatic N) is 3. The molecule has 36 heavy (non-hydrogen) atoms. The summed E-state index contributed by atoms with van der Waals surface area (Å²) in [5, 5.41) is 17.6. The van der Waals surface area contributed by atoms with Gasteiger partial charge in [0.1, 0.15) is 11.5 Å². The standard InChI is InChI=1S/C26H27N5O5/c1-16-20(29-22-15-19(10-12-23(22)31(34)35)21-5-3-4-14-27-21)11-13-24(28-16)30-25(32)17-6-8-18(9-7-17)26(33)36-2/h3-5,10-15,17-18,29H,6-9H2,1-2H3,(H,28,30,32). The number of ether oxygens (including phenoxy) is 1. The maximum Gasteiger partial charge on any atom is 0.308 e. The van der Waals surface area contributed by atoms with E-state index in [9.17, 15) is 19.7 Å². The van der Waals surface area contributed by atoms with Gasteiger partial charge in [0.15, 0.2) is 0 Å². The van der Waals surface area contributed by atoms with Crippen LogP contribution in [0.1, 0.15) is 31.4 Å². The minimum absolute atomic E-state index is 0.0750. The molecule has 0 radical (unpaired) electrons. The Bertz CT molecular complexity index is 1270. The number of carbonyl (C=O) groups excluding carboxylic acids is 2. The second kappa shape index (κ2) is 10.9. The smallest absolute Gasteiger partial charge is 0.308 e. The molecule has 1 saturated carbocycles. The lowest BCUT2D eigenvalue weighted by molar-refractivity contribution is -0.383. The molecule has 3 aromatic rings. The van der Waals surface area contributed by atoms with Gasteiger partial charge in [0, 0.05) is 23.7 Å². The number of aromatic nitrogens is 2. The van der Waals surface area contributed by atoms with Crippen LogP contribution in [0.4, 0.5) is 22.9 Å². The molecule has 1 aliphatic rings. The van der Waals surface area contributed by atoms with Gasteiger partial charge < -0.3 is 15.4 Å². The molecular formula is C26H27N5O5. The first kappa shape index (κ1) is 24.8. The summed E-state index contributed by atoms with van der Waals surface area (Å²) in [7, 11) is 1.38. The molecule has 0 spiro atoms. The fraction of sp³-hybridized carbons (Fsp3) is 0.308. The fourth-order valence-electron chi connectivity index (χ4n) is 4.38. The first-order valence-corrected chi connectivity index (χ1v) is 11.7. The summed E-state index contributed by atoms with van der Waals surface area (Å²) in [5.74, 6) is -0.299. The molecule has 186 valence electrons. The zero-order valence-corrected chi connectivity index (χ0v) is 20.1. The van der Waals surface area contributed by atoms with Crippen LogP contribution in [-0.4, -0.2) is 33.9 Å². The summed E-state index contributed by atoms with van der Waals surface area (Å²) < 4.78 is 4.80. The summed E-state index contributed by atoms with van der Waals surface area (Å²) in [5.41, 5.74) is 2.82. The molecule has 1 amide bonds. The van der Waals surface area contributed by atoms with E-state index in [0.29, 0.717) is 54.3 Å². The molecule has 1 fully saturated rings. The molecule has 2 heterocycles. The lowest BCUT2D eigenvalue weighted by atomic mass is 9.81. The number of benzene rings is 1. The van der Waals surface area contributed by atoms with Crippen molar-refractivity contribution in [2.75, 3.05) is 17.7 Å². The first-order chi connectivity index (χ1) is 17.4. The Morgan fingerprint density at radius 3 is 2.42 bits per heavy atom. The van der Waals surface area contributed by atoms with Crippen LogP contribution in [0.5, 0.6) is 0 Å². The van der Waals surface area contributed by atoms with Crippen molar-refractivity contribution in [3.63, 3.8) is 0 Å². The average molecular weight is 490 g/mol. The topological polar surface area (TPSA) is 136 Å². The Morgan fingerprint density at radius 2 is 1.78 bits per heavy atom. The molecule has 10 heteroatoms. The van der Waals surface area contributed by atoms with Crippen molar-refractivity contribution in [1.29, 1.82) is 0 Å². The number of anilines is 3. The maximum absolute atomic E-state index is 12.7. The minimum Gasteiger partial charge on any atom is -0.469 e. The zero-order chi connectivity index (χ0) is 25.7. The summed E-state index contributed by atoms with van der Waals surface area (Å²) in [4.78, 5) is 44.4. The van der Waals surface area contributed by atoms with Crippen LogP contribution in [0.2, 0.25) is 0 Å². The Hall–Kier alpha value is -4.34. The van der Waals surface area contributed by atoms with Crippen LogP contribution in [-0.2, 0) is 14.3 Å². The summed E-state index contributed by atoms with van der Waals surface area (Å²) in [6.07, 6.45) is 4.13. The van der Waals surface area contributed by atoms with Crippen molar-refractivity contribution >= 4 is 34.8 Å². The van der Waals surface area contributed by atoms with Gasteiger partial charge in [0.25, 0.3) is 5.69 Å². The summed E-state index contributed by atoms with van der Waals surface area (Å²) in [6.45, 7) is 1.76. The van der Waals surface area contributed by atoms with E-state index in [2.05, 4.69) is 20.6 Å². The van der Waals surface area contributed by atoms with Gasteiger partial charge in [-0.05, 0) is 69.0 Å². The van der Waals surface area contributed by atoms with E-state index in [0.717, 1.165) is 5.56 Å². The average Bonchev–Trinajstić information content (AvgIpc) is 2.90. The molecule has 0 saturated heterocycles. The molecular weight excluding hydrogens is 462 g/mol. The van der Waals surface area contributed by atoms with Gasteiger partial charge in [0.2, 0.25) is 5.91 Å². The van der Waals surface area contributed by atoms with Crippen LogP contribution in [0.3, 0.4) is 0 Å². The third-order valence-electron chi connectivity index (χ3n) is 6.39. The Balaban J connectivity index is 1.46. The SMILES string of the molecule is COC(=O)C1CCC(C(=O)Nc2ccc(Nc3cc(-c4ccccn4)ccc3[N+](=O)[O-])c(C)n2)CC1. The van der Waals surface area contributed by atoms with Gasteiger partial charge in [-0.25, -0.2) is 4.98 Å². The highest BCUT2D eigenvalue weighted by molar-refractivity contribution is 5.92. The lowest BCUT2D eigenvalue weighted by Crippen LogP contribution is -2.30. The number of amides is 1. The Morgan fingerprint density at radius 1 is 1.03 bits per heavy atom. The van der Waals surface area contributed by atoms with E-state index in [1.54, 1.807) is 43.5 Å². The number of aryl methyl sites for hydroxylation is 1. The third kappa shape index (κ3) is 5.65. The largest absolute Gasteiger partial charge is 0.469 e. The number of hydrogen-bond donors (Lipinski definition) is 2. The first-order valence-electron chi connectivity index (χ1n) is 11.7. The highest BCUT2D eigenvalue weighted by Crippen LogP contribution is 2.33. The predicted octanol–water partition coefficient (Wildman–Crippen LogP) is 5.02. The highest BCUT2D eigenvalue weighted by Gasteiger charge is 2.30. The molecule has 0 aliphatic heterocycles. The van der Waals surface area contributed by atoms with E-state index >= 15 is 0 Å². The maximum atomic E-state index is 12.7. The molecule has 1 aromatic carbocycles. The third-order valence-corrected chi connectivity index (χ3v) is 6.39. The molecule has 2 N–H and O–H groups in total. The van der Waals surface area contributed by atoms with Gasteiger partial charge in [-0.15, -0.1) is 0 Å². The molecule has 0 bridgehead atoms. The number of carbonyl (C=O) groups is 2.